The molecule has 1 aliphatic heterocycles. The monoisotopic (exact) mass is 234 g/mol. The van der Waals surface area contributed by atoms with Crippen LogP contribution in [0.15, 0.2) is 24.3 Å². The fourth-order valence-electron chi connectivity index (χ4n) is 2.25. The number of nitrogens with one attached hydrogen (secondary N) is 1. The van der Waals surface area contributed by atoms with Gasteiger partial charge >= 0.3 is 0 Å². The zero-order valence-corrected chi connectivity index (χ0v) is 10.8. The highest BCUT2D eigenvalue weighted by atomic mass is 16.5. The lowest BCUT2D eigenvalue weighted by atomic mass is 10.2. The van der Waals surface area contributed by atoms with E-state index in [0.29, 0.717) is 6.04 Å². The molecule has 0 aliphatic carbocycles. The van der Waals surface area contributed by atoms with Gasteiger partial charge in [-0.15, -0.1) is 0 Å². The van der Waals surface area contributed by atoms with Crippen LogP contribution >= 0.6 is 0 Å². The summed E-state index contributed by atoms with van der Waals surface area (Å²) in [4.78, 5) is 2.42. The van der Waals surface area contributed by atoms with Crippen LogP contribution in [0.3, 0.4) is 0 Å². The molecule has 1 N–H and O–H groups in total. The van der Waals surface area contributed by atoms with Crippen LogP contribution in [0.4, 0.5) is 5.69 Å². The Labute approximate surface area is 104 Å². The van der Waals surface area contributed by atoms with Crippen LogP contribution < -0.4 is 15.0 Å². The molecule has 3 nitrogen and oxygen atoms in total. The number of rotatable bonds is 3. The molecule has 3 heteroatoms. The highest BCUT2D eigenvalue weighted by molar-refractivity contribution is 5.58. The van der Waals surface area contributed by atoms with Crippen molar-refractivity contribution in [2.75, 3.05) is 31.1 Å². The third-order valence-electron chi connectivity index (χ3n) is 3.21. The summed E-state index contributed by atoms with van der Waals surface area (Å²) < 4.78 is 5.70. The lowest BCUT2D eigenvalue weighted by Crippen LogP contribution is -2.29. The molecule has 1 heterocycles. The first-order valence-corrected chi connectivity index (χ1v) is 6.51. The largest absolute Gasteiger partial charge is 0.492 e. The molecule has 0 saturated carbocycles. The van der Waals surface area contributed by atoms with Crippen LogP contribution in [0, 0.1) is 0 Å². The van der Waals surface area contributed by atoms with Gasteiger partial charge in [0.2, 0.25) is 0 Å². The number of hydrogen-bond donors (Lipinski definition) is 1. The zero-order chi connectivity index (χ0) is 12.1. The van der Waals surface area contributed by atoms with E-state index in [9.17, 15) is 0 Å². The Balaban J connectivity index is 2.14. The van der Waals surface area contributed by atoms with Crippen LogP contribution in [0.2, 0.25) is 0 Å². The first kappa shape index (κ1) is 12.2. The van der Waals surface area contributed by atoms with Gasteiger partial charge < -0.3 is 15.0 Å². The number of anilines is 1. The third kappa shape index (κ3) is 3.13. The maximum Gasteiger partial charge on any atom is 0.142 e. The van der Waals surface area contributed by atoms with Gasteiger partial charge in [-0.05, 0) is 32.4 Å². The first-order chi connectivity index (χ1) is 8.31. The molecule has 17 heavy (non-hydrogen) atoms. The van der Waals surface area contributed by atoms with Crippen molar-refractivity contribution in [3.05, 3.63) is 24.3 Å². The van der Waals surface area contributed by atoms with Crippen molar-refractivity contribution < 1.29 is 4.74 Å². The predicted octanol–water partition coefficient (Wildman–Crippen LogP) is 2.27. The molecule has 2 rings (SSSR count). The van der Waals surface area contributed by atoms with Gasteiger partial charge in [0.25, 0.3) is 0 Å². The topological polar surface area (TPSA) is 24.5 Å². The first-order valence-electron chi connectivity index (χ1n) is 6.51. The number of benzene rings is 1. The molecule has 0 radical (unpaired) electrons. The fraction of sp³-hybridized carbons (Fsp3) is 0.571. The van der Waals surface area contributed by atoms with E-state index in [1.165, 1.54) is 12.1 Å². The van der Waals surface area contributed by atoms with E-state index in [2.05, 4.69) is 35.3 Å². The maximum absolute atomic E-state index is 5.70. The summed E-state index contributed by atoms with van der Waals surface area (Å²) in [7, 11) is 0. The number of ether oxygens (including phenoxy) is 1. The van der Waals surface area contributed by atoms with Crippen LogP contribution in [0.1, 0.15) is 20.3 Å². The number of para-hydroxylation sites is 2. The second-order valence-electron chi connectivity index (χ2n) is 4.53. The summed E-state index contributed by atoms with van der Waals surface area (Å²) in [5, 5.41) is 3.51. The van der Waals surface area contributed by atoms with Crippen LogP contribution in [-0.2, 0) is 0 Å². The van der Waals surface area contributed by atoms with Crippen molar-refractivity contribution in [3.63, 3.8) is 0 Å². The summed E-state index contributed by atoms with van der Waals surface area (Å²) in [6.45, 7) is 8.19. The second-order valence-corrected chi connectivity index (χ2v) is 4.53. The highest BCUT2D eigenvalue weighted by Gasteiger charge is 2.16. The van der Waals surface area contributed by atoms with Crippen molar-refractivity contribution in [1.29, 1.82) is 0 Å². The second kappa shape index (κ2) is 5.92. The van der Waals surface area contributed by atoms with E-state index < -0.39 is 0 Å². The molecule has 0 bridgehead atoms. The summed E-state index contributed by atoms with van der Waals surface area (Å²) in [5.41, 5.74) is 1.23. The molecule has 1 saturated heterocycles. The maximum atomic E-state index is 5.70. The van der Waals surface area contributed by atoms with Crippen LogP contribution in [-0.4, -0.2) is 32.3 Å². The Morgan fingerprint density at radius 2 is 2.18 bits per heavy atom. The Hall–Kier alpha value is -1.22. The molecule has 0 aromatic heterocycles. The minimum absolute atomic E-state index is 0.610. The van der Waals surface area contributed by atoms with Crippen molar-refractivity contribution in [2.24, 2.45) is 0 Å². The van der Waals surface area contributed by atoms with Gasteiger partial charge in [-0.1, -0.05) is 12.1 Å². The lowest BCUT2D eigenvalue weighted by molar-refractivity contribution is 0.340. The number of hydrogen-bond acceptors (Lipinski definition) is 3. The summed E-state index contributed by atoms with van der Waals surface area (Å²) in [6, 6.07) is 8.94. The van der Waals surface area contributed by atoms with Gasteiger partial charge in [0.15, 0.2) is 0 Å². The molecular weight excluding hydrogens is 212 g/mol. The molecule has 1 atom stereocenters. The summed E-state index contributed by atoms with van der Waals surface area (Å²) in [5.74, 6) is 1.00. The van der Waals surface area contributed by atoms with E-state index in [1.807, 2.05) is 13.0 Å². The molecular formula is C14H22N2O. The minimum atomic E-state index is 0.610. The van der Waals surface area contributed by atoms with Crippen molar-refractivity contribution in [2.45, 2.75) is 26.3 Å². The Morgan fingerprint density at radius 1 is 1.35 bits per heavy atom. The molecule has 1 unspecified atom stereocenters. The van der Waals surface area contributed by atoms with Crippen molar-refractivity contribution >= 4 is 5.69 Å². The van der Waals surface area contributed by atoms with E-state index in [0.717, 1.165) is 32.0 Å². The normalized spacial score (nSPS) is 21.1. The molecule has 1 aromatic carbocycles. The van der Waals surface area contributed by atoms with E-state index >= 15 is 0 Å². The highest BCUT2D eigenvalue weighted by Crippen LogP contribution is 2.28. The van der Waals surface area contributed by atoms with Crippen LogP contribution in [0.5, 0.6) is 5.75 Å². The summed E-state index contributed by atoms with van der Waals surface area (Å²) >= 11 is 0. The van der Waals surface area contributed by atoms with Gasteiger partial charge in [0.05, 0.1) is 12.3 Å². The Morgan fingerprint density at radius 3 is 3.00 bits per heavy atom. The van der Waals surface area contributed by atoms with E-state index in [4.69, 9.17) is 4.74 Å². The zero-order valence-electron chi connectivity index (χ0n) is 10.8. The minimum Gasteiger partial charge on any atom is -0.492 e. The van der Waals surface area contributed by atoms with Gasteiger partial charge in [-0.25, -0.2) is 0 Å². The molecule has 1 aromatic rings. The smallest absolute Gasteiger partial charge is 0.142 e. The van der Waals surface area contributed by atoms with Gasteiger partial charge in [0, 0.05) is 25.7 Å². The van der Waals surface area contributed by atoms with Gasteiger partial charge in [-0.3, -0.25) is 0 Å². The molecule has 94 valence electrons. The molecule has 1 fully saturated rings. The lowest BCUT2D eigenvalue weighted by Gasteiger charge is -2.24. The van der Waals surface area contributed by atoms with Gasteiger partial charge in [-0.2, -0.15) is 0 Å². The predicted molar refractivity (Wildman–Crippen MR) is 71.9 cm³/mol. The average Bonchev–Trinajstić information content (AvgIpc) is 2.55. The SMILES string of the molecule is CCOc1ccccc1N1CCNC(C)CC1. The fourth-order valence-corrected chi connectivity index (χ4v) is 2.25. The average molecular weight is 234 g/mol. The van der Waals surface area contributed by atoms with Crippen molar-refractivity contribution in [3.8, 4) is 5.75 Å². The molecule has 0 amide bonds. The Kier molecular flexibility index (Phi) is 4.26. The number of nitrogens with zero attached hydrogens (tertiary/aromatic N) is 1. The Bertz CT molecular complexity index is 354. The quantitative estimate of drug-likeness (QED) is 0.868. The standard InChI is InChI=1S/C14H22N2O/c1-3-17-14-7-5-4-6-13(14)16-10-8-12(2)15-9-11-16/h4-7,12,15H,3,8-11H2,1-2H3. The van der Waals surface area contributed by atoms with Gasteiger partial charge in [0.1, 0.15) is 5.75 Å². The summed E-state index contributed by atoms with van der Waals surface area (Å²) in [6.07, 6.45) is 1.18. The van der Waals surface area contributed by atoms with E-state index in [1.54, 1.807) is 0 Å². The molecule has 0 spiro atoms. The van der Waals surface area contributed by atoms with Crippen molar-refractivity contribution in [1.82, 2.24) is 5.32 Å². The van der Waals surface area contributed by atoms with E-state index in [-0.39, 0.29) is 0 Å². The molecule has 1 aliphatic rings. The van der Waals surface area contributed by atoms with Crippen LogP contribution in [0.25, 0.3) is 0 Å². The third-order valence-corrected chi connectivity index (χ3v) is 3.21.